The number of likely N-dealkylation sites (tertiary alicyclic amines) is 2. The van der Waals surface area contributed by atoms with Crippen molar-refractivity contribution < 1.29 is 14.3 Å². The van der Waals surface area contributed by atoms with E-state index >= 15 is 0 Å². The van der Waals surface area contributed by atoms with Gasteiger partial charge in [0, 0.05) is 39.7 Å². The van der Waals surface area contributed by atoms with E-state index in [2.05, 4.69) is 36.9 Å². The fraction of sp³-hybridized carbons (Fsp3) is 0.682. The van der Waals surface area contributed by atoms with Gasteiger partial charge in [0.1, 0.15) is 11.4 Å². The molecular weight excluding hydrogens is 340 g/mol. The number of rotatable bonds is 5. The van der Waals surface area contributed by atoms with Gasteiger partial charge in [-0.05, 0) is 56.8 Å². The molecule has 3 aliphatic rings. The summed E-state index contributed by atoms with van der Waals surface area (Å²) in [6.07, 6.45) is 4.08. The number of benzene rings is 1. The Kier molecular flexibility index (Phi) is 4.93. The molecule has 1 aromatic rings. The van der Waals surface area contributed by atoms with Gasteiger partial charge in [-0.2, -0.15) is 0 Å². The topological polar surface area (TPSA) is 42.0 Å². The van der Waals surface area contributed by atoms with Gasteiger partial charge in [0.25, 0.3) is 0 Å². The zero-order valence-corrected chi connectivity index (χ0v) is 16.9. The minimum atomic E-state index is -0.173. The van der Waals surface area contributed by atoms with Gasteiger partial charge < -0.3 is 14.4 Å². The molecule has 27 heavy (non-hydrogen) atoms. The molecular formula is C22H32N2O3. The van der Waals surface area contributed by atoms with E-state index in [0.29, 0.717) is 12.5 Å². The van der Waals surface area contributed by atoms with E-state index in [9.17, 15) is 4.79 Å². The van der Waals surface area contributed by atoms with Crippen molar-refractivity contribution in [1.29, 1.82) is 0 Å². The Morgan fingerprint density at radius 2 is 2.07 bits per heavy atom. The molecule has 3 heterocycles. The summed E-state index contributed by atoms with van der Waals surface area (Å²) in [6.45, 7) is 9.31. The third-order valence-electron chi connectivity index (χ3n) is 6.36. The Balaban J connectivity index is 1.41. The Labute approximate surface area is 162 Å². The number of nitrogens with zero attached hydrogens (tertiary/aromatic N) is 2. The molecule has 0 bridgehead atoms. The van der Waals surface area contributed by atoms with Crippen LogP contribution in [0, 0.1) is 5.41 Å². The van der Waals surface area contributed by atoms with Crippen LogP contribution in [-0.2, 0) is 22.5 Å². The molecule has 0 N–H and O–H groups in total. The third-order valence-corrected chi connectivity index (χ3v) is 6.36. The van der Waals surface area contributed by atoms with Crippen LogP contribution in [0.3, 0.4) is 0 Å². The quantitative estimate of drug-likeness (QED) is 0.797. The molecule has 0 aliphatic carbocycles. The molecule has 1 amide bonds. The second-order valence-corrected chi connectivity index (χ2v) is 9.11. The average molecular weight is 373 g/mol. The van der Waals surface area contributed by atoms with Gasteiger partial charge in [0.15, 0.2) is 0 Å². The van der Waals surface area contributed by atoms with Crippen LogP contribution in [0.15, 0.2) is 18.2 Å². The van der Waals surface area contributed by atoms with Crippen LogP contribution >= 0.6 is 0 Å². The Bertz CT molecular complexity index is 718. The molecule has 148 valence electrons. The van der Waals surface area contributed by atoms with Crippen LogP contribution in [0.1, 0.15) is 44.2 Å². The number of amides is 1. The lowest BCUT2D eigenvalue weighted by Crippen LogP contribution is -2.50. The van der Waals surface area contributed by atoms with Crippen molar-refractivity contribution in [2.24, 2.45) is 5.41 Å². The highest BCUT2D eigenvalue weighted by atomic mass is 16.5. The molecule has 5 nitrogen and oxygen atoms in total. The average Bonchev–Trinajstić information content (AvgIpc) is 3.16. The van der Waals surface area contributed by atoms with Crippen LogP contribution in [0.4, 0.5) is 0 Å². The number of hydrogen-bond acceptors (Lipinski definition) is 4. The van der Waals surface area contributed by atoms with E-state index in [-0.39, 0.29) is 11.0 Å². The normalized spacial score (nSPS) is 27.2. The monoisotopic (exact) mass is 372 g/mol. The van der Waals surface area contributed by atoms with Crippen molar-refractivity contribution in [3.63, 3.8) is 0 Å². The molecule has 1 aromatic carbocycles. The maximum atomic E-state index is 13.1. The molecule has 3 aliphatic heterocycles. The lowest BCUT2D eigenvalue weighted by Gasteiger charge is -2.39. The summed E-state index contributed by atoms with van der Waals surface area (Å²) in [5.74, 6) is 1.37. The van der Waals surface area contributed by atoms with Gasteiger partial charge >= 0.3 is 0 Å². The molecule has 4 rings (SSSR count). The fourth-order valence-electron chi connectivity index (χ4n) is 5.06. The minimum absolute atomic E-state index is 0.0984. The van der Waals surface area contributed by atoms with Crippen LogP contribution in [0.2, 0.25) is 0 Å². The van der Waals surface area contributed by atoms with Crippen molar-refractivity contribution in [3.05, 3.63) is 29.3 Å². The molecule has 2 saturated heterocycles. The number of ether oxygens (including phenoxy) is 2. The van der Waals surface area contributed by atoms with Crippen molar-refractivity contribution in [2.45, 2.75) is 51.7 Å². The van der Waals surface area contributed by atoms with Gasteiger partial charge in [-0.15, -0.1) is 0 Å². The number of piperidine rings is 1. The summed E-state index contributed by atoms with van der Waals surface area (Å²) < 4.78 is 11.2. The van der Waals surface area contributed by atoms with Crippen LogP contribution in [0.5, 0.6) is 5.75 Å². The molecule has 1 spiro atoms. The maximum absolute atomic E-state index is 13.1. The molecule has 5 heteroatoms. The van der Waals surface area contributed by atoms with Crippen molar-refractivity contribution >= 4 is 5.91 Å². The summed E-state index contributed by atoms with van der Waals surface area (Å²) in [5, 5.41) is 0. The van der Waals surface area contributed by atoms with Crippen molar-refractivity contribution in [1.82, 2.24) is 9.80 Å². The number of methoxy groups -OCH3 is 1. The highest BCUT2D eigenvalue weighted by molar-refractivity contribution is 5.84. The van der Waals surface area contributed by atoms with Crippen LogP contribution < -0.4 is 4.74 Å². The fourth-order valence-corrected chi connectivity index (χ4v) is 5.06. The predicted octanol–water partition coefficient (Wildman–Crippen LogP) is 2.86. The summed E-state index contributed by atoms with van der Waals surface area (Å²) >= 11 is 0. The standard InChI is InChI=1S/C22H32N2O3/c1-21(2)14-18-13-17(5-6-19(18)27-21)15-23-10-8-22(16-23)7-4-9-24(20(22)25)11-12-26-3/h5-6,13H,4,7-12,14-16H2,1-3H3. The van der Waals surface area contributed by atoms with E-state index in [0.717, 1.165) is 64.2 Å². The number of hydrogen-bond donors (Lipinski definition) is 0. The first-order valence-electron chi connectivity index (χ1n) is 10.2. The number of carbonyl (C=O) groups is 1. The minimum Gasteiger partial charge on any atom is -0.487 e. The predicted molar refractivity (Wildman–Crippen MR) is 105 cm³/mol. The van der Waals surface area contributed by atoms with Crippen LogP contribution in [-0.4, -0.2) is 61.2 Å². The summed E-state index contributed by atoms with van der Waals surface area (Å²) in [7, 11) is 1.70. The highest BCUT2D eigenvalue weighted by Crippen LogP contribution is 2.41. The molecule has 0 radical (unpaired) electrons. The van der Waals surface area contributed by atoms with Gasteiger partial charge in [-0.3, -0.25) is 9.69 Å². The summed E-state index contributed by atoms with van der Waals surface area (Å²) in [6, 6.07) is 6.59. The molecule has 2 fully saturated rings. The van der Waals surface area contributed by atoms with E-state index < -0.39 is 0 Å². The zero-order valence-electron chi connectivity index (χ0n) is 16.9. The zero-order chi connectivity index (χ0) is 19.1. The SMILES string of the molecule is COCCN1CCCC2(CCN(Cc3ccc4c(c3)CC(C)(C)O4)C2)C1=O. The van der Waals surface area contributed by atoms with Gasteiger partial charge in [-0.25, -0.2) is 0 Å². The van der Waals surface area contributed by atoms with Crippen molar-refractivity contribution in [2.75, 3.05) is 39.9 Å². The highest BCUT2D eigenvalue weighted by Gasteiger charge is 2.48. The maximum Gasteiger partial charge on any atom is 0.230 e. The van der Waals surface area contributed by atoms with E-state index in [4.69, 9.17) is 9.47 Å². The van der Waals surface area contributed by atoms with Gasteiger partial charge in [0.05, 0.1) is 12.0 Å². The Morgan fingerprint density at radius 1 is 1.22 bits per heavy atom. The Hall–Kier alpha value is -1.59. The first-order valence-corrected chi connectivity index (χ1v) is 10.2. The Morgan fingerprint density at radius 3 is 2.89 bits per heavy atom. The van der Waals surface area contributed by atoms with E-state index in [1.54, 1.807) is 7.11 Å². The second kappa shape index (κ2) is 7.10. The lowest BCUT2D eigenvalue weighted by atomic mass is 9.78. The first kappa shape index (κ1) is 18.8. The smallest absolute Gasteiger partial charge is 0.230 e. The largest absolute Gasteiger partial charge is 0.487 e. The second-order valence-electron chi connectivity index (χ2n) is 9.11. The molecule has 1 unspecified atom stereocenters. The molecule has 1 atom stereocenters. The molecule has 0 aromatic heterocycles. The van der Waals surface area contributed by atoms with E-state index in [1.165, 1.54) is 11.1 Å². The first-order chi connectivity index (χ1) is 12.9. The lowest BCUT2D eigenvalue weighted by molar-refractivity contribution is -0.146. The van der Waals surface area contributed by atoms with E-state index in [1.807, 2.05) is 4.90 Å². The van der Waals surface area contributed by atoms with Crippen LogP contribution in [0.25, 0.3) is 0 Å². The van der Waals surface area contributed by atoms with Gasteiger partial charge in [-0.1, -0.05) is 12.1 Å². The molecule has 0 saturated carbocycles. The van der Waals surface area contributed by atoms with Crippen molar-refractivity contribution in [3.8, 4) is 5.75 Å². The number of carbonyl (C=O) groups excluding carboxylic acids is 1. The summed E-state index contributed by atoms with van der Waals surface area (Å²) in [4.78, 5) is 17.6. The number of fused-ring (bicyclic) bond motifs is 1. The van der Waals surface area contributed by atoms with Gasteiger partial charge in [0.2, 0.25) is 5.91 Å². The summed E-state index contributed by atoms with van der Waals surface area (Å²) in [5.41, 5.74) is 2.37. The third kappa shape index (κ3) is 3.72.